The highest BCUT2D eigenvalue weighted by atomic mass is 32.2. The Kier molecular flexibility index (Phi) is 10.1. The minimum atomic E-state index is -4.29. The van der Waals surface area contributed by atoms with Crippen molar-refractivity contribution in [1.29, 1.82) is 0 Å². The van der Waals surface area contributed by atoms with Crippen molar-refractivity contribution >= 4 is 39.3 Å². The molecule has 2 amide bonds. The minimum Gasteiger partial charge on any atom is -0.497 e. The average molecular weight is 498 g/mol. The molecule has 0 aliphatic heterocycles. The van der Waals surface area contributed by atoms with Gasteiger partial charge in [-0.05, 0) is 49.6 Å². The lowest BCUT2D eigenvalue weighted by molar-refractivity contribution is -0.136. The number of hydrogen-bond acceptors (Lipinski definition) is 6. The fourth-order valence-corrected chi connectivity index (χ4v) is 4.80. The summed E-state index contributed by atoms with van der Waals surface area (Å²) >= 11 is 1.44. The van der Waals surface area contributed by atoms with Crippen LogP contribution < -0.4 is 14.8 Å². The summed E-state index contributed by atoms with van der Waals surface area (Å²) in [5.74, 6) is -0.864. The predicted octanol–water partition coefficient (Wildman–Crippen LogP) is 2.72. The van der Waals surface area contributed by atoms with Gasteiger partial charge < -0.3 is 15.0 Å². The van der Waals surface area contributed by atoms with Gasteiger partial charge in [-0.15, -0.1) is 0 Å². The maximum atomic E-state index is 14.1. The van der Waals surface area contributed by atoms with Gasteiger partial charge >= 0.3 is 0 Å². The summed E-state index contributed by atoms with van der Waals surface area (Å²) in [6.07, 6.45) is 2.01. The molecular formula is C22H28FN3O5S2. The number of methoxy groups -OCH3 is 1. The smallest absolute Gasteiger partial charge is 0.244 e. The standard InChI is InChI=1S/C22H28FN3O5S2/c1-4-26(15-21(27)24-16-8-7-9-17(14-16)31-2)22(28)19(12-13-32-3)25-33(29,30)20-11-6-5-10-18(20)23/h5-11,14,19,25H,4,12-13,15H2,1-3H3,(H,24,27). The SMILES string of the molecule is CCN(CC(=O)Nc1cccc(OC)c1)C(=O)C(CCSC)NS(=O)(=O)c1ccccc1F. The van der Waals surface area contributed by atoms with Crippen LogP contribution in [-0.4, -0.2) is 63.4 Å². The van der Waals surface area contributed by atoms with Gasteiger partial charge in [0.1, 0.15) is 22.5 Å². The molecule has 0 saturated heterocycles. The van der Waals surface area contributed by atoms with Crippen molar-refractivity contribution in [2.75, 3.05) is 37.5 Å². The van der Waals surface area contributed by atoms with E-state index in [1.807, 2.05) is 6.26 Å². The number of carbonyl (C=O) groups is 2. The van der Waals surface area contributed by atoms with Crippen molar-refractivity contribution in [2.45, 2.75) is 24.3 Å². The molecule has 2 N–H and O–H groups in total. The number of nitrogens with zero attached hydrogens (tertiary/aromatic N) is 1. The minimum absolute atomic E-state index is 0.182. The fraction of sp³-hybridized carbons (Fsp3) is 0.364. The number of anilines is 1. The number of amides is 2. The number of nitrogens with one attached hydrogen (secondary N) is 2. The van der Waals surface area contributed by atoms with Crippen LogP contribution in [0.15, 0.2) is 53.4 Å². The summed E-state index contributed by atoms with van der Waals surface area (Å²) < 4.78 is 47.0. The number of likely N-dealkylation sites (N-methyl/N-ethyl adjacent to an activating group) is 1. The summed E-state index contributed by atoms with van der Waals surface area (Å²) in [4.78, 5) is 26.4. The van der Waals surface area contributed by atoms with E-state index in [1.54, 1.807) is 31.2 Å². The van der Waals surface area contributed by atoms with E-state index in [-0.39, 0.29) is 19.5 Å². The van der Waals surface area contributed by atoms with Crippen LogP contribution in [0.4, 0.5) is 10.1 Å². The quantitative estimate of drug-likeness (QED) is 0.467. The molecule has 33 heavy (non-hydrogen) atoms. The second-order valence-corrected chi connectivity index (χ2v) is 9.69. The van der Waals surface area contributed by atoms with Crippen LogP contribution in [0.25, 0.3) is 0 Å². The molecule has 0 aliphatic rings. The zero-order valence-corrected chi connectivity index (χ0v) is 20.3. The number of hydrogen-bond donors (Lipinski definition) is 2. The summed E-state index contributed by atoms with van der Waals surface area (Å²) in [5.41, 5.74) is 0.502. The van der Waals surface area contributed by atoms with E-state index in [2.05, 4.69) is 10.0 Å². The van der Waals surface area contributed by atoms with Gasteiger partial charge in [0, 0.05) is 18.3 Å². The third-order valence-electron chi connectivity index (χ3n) is 4.71. The number of benzene rings is 2. The van der Waals surface area contributed by atoms with Crippen molar-refractivity contribution in [3.05, 3.63) is 54.3 Å². The fourth-order valence-electron chi connectivity index (χ4n) is 3.02. The first kappa shape index (κ1) is 26.6. The average Bonchev–Trinajstić information content (AvgIpc) is 2.80. The Morgan fingerprint density at radius 3 is 2.55 bits per heavy atom. The molecule has 0 aliphatic carbocycles. The summed E-state index contributed by atoms with van der Waals surface area (Å²) in [7, 11) is -2.78. The van der Waals surface area contributed by atoms with Gasteiger partial charge in [0.05, 0.1) is 13.7 Å². The van der Waals surface area contributed by atoms with Crippen LogP contribution in [0.3, 0.4) is 0 Å². The normalized spacial score (nSPS) is 12.1. The van der Waals surface area contributed by atoms with Gasteiger partial charge in [-0.1, -0.05) is 18.2 Å². The van der Waals surface area contributed by atoms with E-state index in [0.717, 1.165) is 12.1 Å². The molecule has 2 rings (SSSR count). The lowest BCUT2D eigenvalue weighted by Gasteiger charge is -2.26. The third kappa shape index (κ3) is 7.72. The number of carbonyl (C=O) groups excluding carboxylic acids is 2. The van der Waals surface area contributed by atoms with Gasteiger partial charge in [-0.2, -0.15) is 16.5 Å². The second-order valence-electron chi connectivity index (χ2n) is 7.02. The largest absolute Gasteiger partial charge is 0.497 e. The summed E-state index contributed by atoms with van der Waals surface area (Å²) in [6.45, 7) is 1.60. The summed E-state index contributed by atoms with van der Waals surface area (Å²) in [6, 6.07) is 10.6. The Bertz CT molecular complexity index is 1070. The van der Waals surface area contributed by atoms with Crippen molar-refractivity contribution in [3.63, 3.8) is 0 Å². The van der Waals surface area contributed by atoms with E-state index >= 15 is 0 Å². The highest BCUT2D eigenvalue weighted by Crippen LogP contribution is 2.18. The molecule has 8 nitrogen and oxygen atoms in total. The lowest BCUT2D eigenvalue weighted by Crippen LogP contribution is -2.50. The van der Waals surface area contributed by atoms with E-state index < -0.39 is 38.6 Å². The number of sulfonamides is 1. The van der Waals surface area contributed by atoms with E-state index in [1.165, 1.54) is 35.9 Å². The molecule has 0 spiro atoms. The third-order valence-corrected chi connectivity index (χ3v) is 6.86. The molecule has 180 valence electrons. The molecule has 0 heterocycles. The molecule has 2 aromatic carbocycles. The Morgan fingerprint density at radius 2 is 1.91 bits per heavy atom. The van der Waals surface area contributed by atoms with Crippen molar-refractivity contribution in [1.82, 2.24) is 9.62 Å². The molecule has 11 heteroatoms. The molecule has 1 atom stereocenters. The second kappa shape index (κ2) is 12.6. The van der Waals surface area contributed by atoms with Crippen LogP contribution in [-0.2, 0) is 19.6 Å². The van der Waals surface area contributed by atoms with Crippen LogP contribution in [0, 0.1) is 5.82 Å². The number of rotatable bonds is 12. The van der Waals surface area contributed by atoms with Crippen molar-refractivity contribution < 1.29 is 27.1 Å². The van der Waals surface area contributed by atoms with Crippen LogP contribution in [0.5, 0.6) is 5.75 Å². The van der Waals surface area contributed by atoms with Crippen LogP contribution >= 0.6 is 11.8 Å². The molecule has 0 radical (unpaired) electrons. The zero-order chi connectivity index (χ0) is 24.4. The Morgan fingerprint density at radius 1 is 1.18 bits per heavy atom. The first-order chi connectivity index (χ1) is 15.7. The van der Waals surface area contributed by atoms with Crippen LogP contribution in [0.1, 0.15) is 13.3 Å². The van der Waals surface area contributed by atoms with E-state index in [0.29, 0.717) is 17.2 Å². The lowest BCUT2D eigenvalue weighted by atomic mass is 10.2. The topological polar surface area (TPSA) is 105 Å². The Labute approximate surface area is 197 Å². The van der Waals surface area contributed by atoms with Crippen molar-refractivity contribution in [3.8, 4) is 5.75 Å². The molecule has 0 aromatic heterocycles. The molecule has 1 unspecified atom stereocenters. The van der Waals surface area contributed by atoms with Gasteiger partial charge in [0.25, 0.3) is 0 Å². The van der Waals surface area contributed by atoms with Gasteiger partial charge in [-0.3, -0.25) is 9.59 Å². The Balaban J connectivity index is 2.16. The zero-order valence-electron chi connectivity index (χ0n) is 18.7. The first-order valence-corrected chi connectivity index (χ1v) is 13.1. The predicted molar refractivity (Wildman–Crippen MR) is 127 cm³/mol. The monoisotopic (exact) mass is 497 g/mol. The van der Waals surface area contributed by atoms with Gasteiger partial charge in [0.15, 0.2) is 0 Å². The number of thioether (sulfide) groups is 1. The van der Waals surface area contributed by atoms with E-state index in [9.17, 15) is 22.4 Å². The highest BCUT2D eigenvalue weighted by molar-refractivity contribution is 7.98. The van der Waals surface area contributed by atoms with E-state index in [4.69, 9.17) is 4.74 Å². The van der Waals surface area contributed by atoms with Crippen molar-refractivity contribution in [2.24, 2.45) is 0 Å². The first-order valence-electron chi connectivity index (χ1n) is 10.2. The highest BCUT2D eigenvalue weighted by Gasteiger charge is 2.30. The van der Waals surface area contributed by atoms with Gasteiger partial charge in [0.2, 0.25) is 21.8 Å². The van der Waals surface area contributed by atoms with Gasteiger partial charge in [-0.25, -0.2) is 12.8 Å². The molecule has 0 fully saturated rings. The molecule has 0 bridgehead atoms. The molecule has 0 saturated carbocycles. The summed E-state index contributed by atoms with van der Waals surface area (Å²) in [5, 5.41) is 2.69. The number of ether oxygens (including phenoxy) is 1. The maximum absolute atomic E-state index is 14.1. The van der Waals surface area contributed by atoms with Crippen LogP contribution in [0.2, 0.25) is 0 Å². The molecule has 2 aromatic rings. The number of halogens is 1. The Hall–Kier alpha value is -2.63. The maximum Gasteiger partial charge on any atom is 0.244 e. The molecular weight excluding hydrogens is 469 g/mol.